The van der Waals surface area contributed by atoms with E-state index in [2.05, 4.69) is 47.6 Å². The maximum atomic E-state index is 6.13. The van der Waals surface area contributed by atoms with Crippen LogP contribution in [0.2, 0.25) is 0 Å². The summed E-state index contributed by atoms with van der Waals surface area (Å²) in [5.41, 5.74) is 12.3. The zero-order valence-electron chi connectivity index (χ0n) is 18.0. The van der Waals surface area contributed by atoms with E-state index in [1.807, 2.05) is 11.3 Å². The number of morpholine rings is 1. The molecule has 0 bridgehead atoms. The third kappa shape index (κ3) is 3.72. The van der Waals surface area contributed by atoms with Gasteiger partial charge in [0.2, 0.25) is 5.36 Å². The molecule has 0 aromatic heterocycles. The van der Waals surface area contributed by atoms with E-state index in [1.165, 1.54) is 31.7 Å². The Morgan fingerprint density at radius 1 is 1.17 bits per heavy atom. The first-order chi connectivity index (χ1) is 14.6. The molecule has 3 aliphatic heterocycles. The largest absolute Gasteiger partial charge is 0.378 e. The van der Waals surface area contributed by atoms with E-state index < -0.39 is 0 Å². The Morgan fingerprint density at radius 2 is 1.93 bits per heavy atom. The highest BCUT2D eigenvalue weighted by atomic mass is 32.1. The van der Waals surface area contributed by atoms with Gasteiger partial charge in [0.25, 0.3) is 0 Å². The van der Waals surface area contributed by atoms with Crippen LogP contribution in [0.15, 0.2) is 24.3 Å². The number of piperidine rings is 1. The third-order valence-corrected chi connectivity index (χ3v) is 7.56. The minimum atomic E-state index is 0.349. The van der Waals surface area contributed by atoms with Crippen molar-refractivity contribution >= 4 is 27.2 Å². The number of aromatic nitrogens is 1. The van der Waals surface area contributed by atoms with E-state index in [1.54, 1.807) is 0 Å². The van der Waals surface area contributed by atoms with Crippen LogP contribution in [0, 0.1) is 6.92 Å². The Bertz CT molecular complexity index is 1110. The minimum Gasteiger partial charge on any atom is -0.378 e. The molecule has 2 fully saturated rings. The molecule has 2 saturated heterocycles. The van der Waals surface area contributed by atoms with Crippen LogP contribution in [0.4, 0.5) is 5.69 Å². The van der Waals surface area contributed by atoms with Crippen molar-refractivity contribution < 1.29 is 4.74 Å². The molecule has 4 aliphatic rings. The van der Waals surface area contributed by atoms with Crippen LogP contribution < -0.4 is 20.6 Å². The van der Waals surface area contributed by atoms with Gasteiger partial charge in [-0.05, 0) is 36.6 Å². The molecule has 5 rings (SSSR count). The smallest absolute Gasteiger partial charge is 0.201 e. The monoisotopic (exact) mass is 423 g/mol. The molecule has 30 heavy (non-hydrogen) atoms. The number of hydrogen-bond donors (Lipinski definition) is 1. The highest BCUT2D eigenvalue weighted by Gasteiger charge is 2.21. The number of aryl methyl sites for hydroxylation is 2. The normalized spacial score (nSPS) is 20.3. The van der Waals surface area contributed by atoms with E-state index in [0.717, 1.165) is 69.9 Å². The van der Waals surface area contributed by atoms with E-state index in [-0.39, 0.29) is 0 Å². The summed E-state index contributed by atoms with van der Waals surface area (Å²) in [5, 5.41) is 1.32. The zero-order valence-corrected chi connectivity index (χ0v) is 18.8. The Kier molecular flexibility index (Phi) is 5.48. The number of nitrogens with zero attached hydrogens (tertiary/aromatic N) is 3. The molecule has 6 heteroatoms. The van der Waals surface area contributed by atoms with Gasteiger partial charge >= 0.3 is 0 Å². The zero-order chi connectivity index (χ0) is 20.7. The SMILES string of the molecule is CCc1cc(=[N+]2CCC(N)CC2)cc2sc3cc(N4CCOCC4)cc(C)c3nc1-2. The van der Waals surface area contributed by atoms with E-state index in [4.69, 9.17) is 15.5 Å². The molecule has 0 atom stereocenters. The van der Waals surface area contributed by atoms with Crippen molar-refractivity contribution in [2.24, 2.45) is 5.73 Å². The summed E-state index contributed by atoms with van der Waals surface area (Å²) >= 11 is 1.88. The van der Waals surface area contributed by atoms with Gasteiger partial charge in [-0.1, -0.05) is 6.92 Å². The molecule has 0 saturated carbocycles. The second-order valence-electron chi connectivity index (χ2n) is 8.55. The molecule has 0 amide bonds. The second kappa shape index (κ2) is 8.25. The Morgan fingerprint density at radius 3 is 2.67 bits per heavy atom. The maximum Gasteiger partial charge on any atom is 0.201 e. The number of rotatable bonds is 2. The fraction of sp³-hybridized carbons (Fsp3) is 0.500. The number of nitrogens with two attached hydrogens (primary N) is 1. The predicted molar refractivity (Wildman–Crippen MR) is 126 cm³/mol. The van der Waals surface area contributed by atoms with Crippen LogP contribution in [-0.4, -0.2) is 50.4 Å². The number of anilines is 1. The van der Waals surface area contributed by atoms with Crippen LogP contribution in [0.3, 0.4) is 0 Å². The summed E-state index contributed by atoms with van der Waals surface area (Å²) in [7, 11) is 0. The van der Waals surface area contributed by atoms with Gasteiger partial charge in [-0.2, -0.15) is 0 Å². The number of benzene rings is 2. The number of fused-ring (bicyclic) bond motifs is 2. The average molecular weight is 424 g/mol. The van der Waals surface area contributed by atoms with Crippen molar-refractivity contribution in [2.75, 3.05) is 44.3 Å². The molecule has 5 nitrogen and oxygen atoms in total. The summed E-state index contributed by atoms with van der Waals surface area (Å²) in [6.07, 6.45) is 3.13. The molecule has 0 radical (unpaired) electrons. The molecular formula is C24H31N4OS+. The van der Waals surface area contributed by atoms with E-state index >= 15 is 0 Å². The van der Waals surface area contributed by atoms with Crippen molar-refractivity contribution in [1.82, 2.24) is 9.56 Å². The highest BCUT2D eigenvalue weighted by molar-refractivity contribution is 7.21. The molecule has 3 heterocycles. The molecule has 0 unspecified atom stereocenters. The lowest BCUT2D eigenvalue weighted by molar-refractivity contribution is 0.122. The molecule has 1 aliphatic carbocycles. The highest BCUT2D eigenvalue weighted by Crippen LogP contribution is 2.35. The minimum absolute atomic E-state index is 0.349. The lowest BCUT2D eigenvalue weighted by Crippen LogP contribution is -2.42. The Balaban J connectivity index is 1.67. The number of hydrogen-bond acceptors (Lipinski definition) is 5. The van der Waals surface area contributed by atoms with E-state index in [0.29, 0.717) is 6.04 Å². The lowest BCUT2D eigenvalue weighted by Gasteiger charge is -2.29. The van der Waals surface area contributed by atoms with Gasteiger partial charge in [-0.25, -0.2) is 9.56 Å². The fourth-order valence-corrected chi connectivity index (χ4v) is 5.82. The first-order valence-corrected chi connectivity index (χ1v) is 12.0. The maximum absolute atomic E-state index is 6.13. The fourth-order valence-electron chi connectivity index (χ4n) is 4.65. The van der Waals surface area contributed by atoms with Gasteiger partial charge in [0.15, 0.2) is 0 Å². The van der Waals surface area contributed by atoms with Crippen molar-refractivity contribution in [2.45, 2.75) is 39.2 Å². The van der Waals surface area contributed by atoms with Crippen LogP contribution >= 0.6 is 11.3 Å². The van der Waals surface area contributed by atoms with Gasteiger partial charge in [-0.3, -0.25) is 0 Å². The van der Waals surface area contributed by atoms with Crippen LogP contribution in [0.5, 0.6) is 0 Å². The third-order valence-electron chi connectivity index (χ3n) is 6.49. The van der Waals surface area contributed by atoms with Gasteiger partial charge in [0.05, 0.1) is 34.0 Å². The molecule has 1 aromatic rings. The van der Waals surface area contributed by atoms with Crippen molar-refractivity contribution in [1.29, 1.82) is 0 Å². The second-order valence-corrected chi connectivity index (χ2v) is 9.64. The van der Waals surface area contributed by atoms with Gasteiger partial charge in [-0.15, -0.1) is 11.3 Å². The summed E-state index contributed by atoms with van der Waals surface area (Å²) in [5.74, 6) is 0. The van der Waals surface area contributed by atoms with Gasteiger partial charge in [0, 0.05) is 49.8 Å². The van der Waals surface area contributed by atoms with Crippen LogP contribution in [0.1, 0.15) is 30.9 Å². The van der Waals surface area contributed by atoms with E-state index in [9.17, 15) is 0 Å². The molecule has 0 spiro atoms. The standard InChI is InChI=1S/C24H31N4OS/c1-3-17-13-20(27-6-4-18(25)5-7-27)15-22-24(17)26-23-16(2)12-19(14-21(23)30-22)28-8-10-29-11-9-28/h12-15,18H,3-11,25H2,1-2H3/q+1. The van der Waals surface area contributed by atoms with Crippen LogP contribution in [-0.2, 0) is 11.2 Å². The first-order valence-electron chi connectivity index (χ1n) is 11.2. The van der Waals surface area contributed by atoms with Gasteiger partial charge in [0.1, 0.15) is 13.1 Å². The molecule has 158 valence electrons. The first kappa shape index (κ1) is 19.9. The Labute approximate surface area is 182 Å². The number of ether oxygens (including phenoxy) is 1. The molecule has 1 aromatic carbocycles. The predicted octanol–water partition coefficient (Wildman–Crippen LogP) is 3.00. The van der Waals surface area contributed by atoms with Crippen molar-refractivity contribution in [3.63, 3.8) is 0 Å². The summed E-state index contributed by atoms with van der Waals surface area (Å²) in [6.45, 7) is 10.0. The Hall–Kier alpha value is -2.02. The summed E-state index contributed by atoms with van der Waals surface area (Å²) in [6, 6.07) is 9.66. The molecule has 2 N–H and O–H groups in total. The lowest BCUT2D eigenvalue weighted by atomic mass is 10.0. The molecular weight excluding hydrogens is 392 g/mol. The summed E-state index contributed by atoms with van der Waals surface area (Å²) < 4.78 is 9.30. The average Bonchev–Trinajstić information content (AvgIpc) is 2.78. The van der Waals surface area contributed by atoms with Crippen molar-refractivity contribution in [3.8, 4) is 10.6 Å². The van der Waals surface area contributed by atoms with Crippen LogP contribution in [0.25, 0.3) is 20.8 Å². The van der Waals surface area contributed by atoms with Crippen molar-refractivity contribution in [3.05, 3.63) is 40.7 Å². The van der Waals surface area contributed by atoms with Gasteiger partial charge < -0.3 is 15.4 Å². The summed E-state index contributed by atoms with van der Waals surface area (Å²) in [4.78, 5) is 8.87. The topological polar surface area (TPSA) is 54.4 Å². The quantitative estimate of drug-likeness (QED) is 0.509.